The van der Waals surface area contributed by atoms with Crippen LogP contribution in [0.25, 0.3) is 0 Å². The number of nitrogens with zero attached hydrogens (tertiary/aromatic N) is 3. The molecule has 3 aromatic rings. The number of anilines is 1. The van der Waals surface area contributed by atoms with Gasteiger partial charge in [0.15, 0.2) is 11.5 Å². The Morgan fingerprint density at radius 1 is 1.09 bits per heavy atom. The van der Waals surface area contributed by atoms with Crippen LogP contribution in [0.4, 0.5) is 5.95 Å². The molecule has 4 rings (SSSR count). The molecule has 8 nitrogen and oxygen atoms in total. The van der Waals surface area contributed by atoms with Gasteiger partial charge in [0.1, 0.15) is 19.0 Å². The van der Waals surface area contributed by atoms with Crippen molar-refractivity contribution in [2.75, 3.05) is 18.5 Å². The van der Waals surface area contributed by atoms with Gasteiger partial charge in [-0.25, -0.2) is 9.48 Å². The summed E-state index contributed by atoms with van der Waals surface area (Å²) in [6.07, 6.45) is 1.45. The number of ether oxygens (including phenoxy) is 3. The van der Waals surface area contributed by atoms with E-state index in [4.69, 9.17) is 25.8 Å². The van der Waals surface area contributed by atoms with Crippen LogP contribution in [0.2, 0.25) is 5.02 Å². The molecule has 172 valence electrons. The van der Waals surface area contributed by atoms with Crippen molar-refractivity contribution in [3.05, 3.63) is 76.2 Å². The number of rotatable bonds is 8. The number of aromatic nitrogens is 3. The number of hydrogen-bond donors (Lipinski definition) is 1. The molecule has 0 bridgehead atoms. The van der Waals surface area contributed by atoms with Crippen molar-refractivity contribution in [2.24, 2.45) is 0 Å². The van der Waals surface area contributed by atoms with Crippen molar-refractivity contribution in [3.8, 4) is 11.5 Å². The van der Waals surface area contributed by atoms with E-state index in [9.17, 15) is 4.79 Å². The highest BCUT2D eigenvalue weighted by atomic mass is 35.5. The molecule has 9 heteroatoms. The second kappa shape index (κ2) is 9.95. The Morgan fingerprint density at radius 3 is 2.61 bits per heavy atom. The lowest BCUT2D eigenvalue weighted by atomic mass is 9.95. The number of esters is 1. The third-order valence-corrected chi connectivity index (χ3v) is 5.43. The monoisotopic (exact) mass is 468 g/mol. The number of nitrogens with one attached hydrogen (secondary N) is 1. The minimum atomic E-state index is -0.521. The minimum Gasteiger partial charge on any atom is -0.490 e. The standard InChI is InChI=1S/C24H25ClN4O4/c1-4-31-20-12-17(8-11-19(20)33-13-16-6-9-18(25)10-7-16)22-21(23(30)32-5-2)15(3)28-24-26-14-27-29(22)24/h6-12,14,22H,4-5,13H2,1-3H3,(H,26,27,28). The summed E-state index contributed by atoms with van der Waals surface area (Å²) in [6.45, 7) is 6.61. The molecule has 0 saturated heterocycles. The van der Waals surface area contributed by atoms with E-state index in [2.05, 4.69) is 15.4 Å². The van der Waals surface area contributed by atoms with Crippen molar-refractivity contribution in [1.29, 1.82) is 0 Å². The zero-order chi connectivity index (χ0) is 23.4. The predicted octanol–water partition coefficient (Wildman–Crippen LogP) is 4.76. The van der Waals surface area contributed by atoms with Gasteiger partial charge in [-0.2, -0.15) is 10.1 Å². The first-order chi connectivity index (χ1) is 16.0. The molecule has 1 aliphatic rings. The molecule has 33 heavy (non-hydrogen) atoms. The number of carbonyl (C=O) groups excluding carboxylic acids is 1. The molecule has 0 spiro atoms. The van der Waals surface area contributed by atoms with Gasteiger partial charge in [0, 0.05) is 10.7 Å². The Bertz CT molecular complexity index is 1170. The Labute approximate surface area is 197 Å². The first-order valence-corrected chi connectivity index (χ1v) is 11.1. The molecular formula is C24H25ClN4O4. The van der Waals surface area contributed by atoms with Crippen molar-refractivity contribution in [1.82, 2.24) is 14.8 Å². The van der Waals surface area contributed by atoms with Crippen LogP contribution in [0.5, 0.6) is 11.5 Å². The second-order valence-corrected chi connectivity index (χ2v) is 7.81. The van der Waals surface area contributed by atoms with Gasteiger partial charge in [-0.15, -0.1) is 0 Å². The highest BCUT2D eigenvalue weighted by molar-refractivity contribution is 6.30. The average molecular weight is 469 g/mol. The quantitative estimate of drug-likeness (QED) is 0.477. The molecule has 2 aromatic carbocycles. The smallest absolute Gasteiger partial charge is 0.338 e. The van der Waals surface area contributed by atoms with Crippen molar-refractivity contribution >= 4 is 23.5 Å². The molecule has 0 amide bonds. The number of fused-ring (bicyclic) bond motifs is 1. The number of allylic oxidation sites excluding steroid dienone is 1. The van der Waals surface area contributed by atoms with Gasteiger partial charge in [-0.3, -0.25) is 0 Å². The number of halogens is 1. The summed E-state index contributed by atoms with van der Waals surface area (Å²) in [5.41, 5.74) is 2.92. The van der Waals surface area contributed by atoms with Gasteiger partial charge < -0.3 is 19.5 Å². The van der Waals surface area contributed by atoms with Crippen LogP contribution in [0.3, 0.4) is 0 Å². The van der Waals surface area contributed by atoms with Gasteiger partial charge >= 0.3 is 5.97 Å². The summed E-state index contributed by atoms with van der Waals surface area (Å²) in [5.74, 6) is 1.31. The number of carbonyl (C=O) groups is 1. The Morgan fingerprint density at radius 2 is 1.88 bits per heavy atom. The van der Waals surface area contributed by atoms with Crippen LogP contribution in [0.15, 0.2) is 60.1 Å². The van der Waals surface area contributed by atoms with Gasteiger partial charge in [-0.05, 0) is 56.2 Å². The third kappa shape index (κ3) is 4.80. The number of benzene rings is 2. The van der Waals surface area contributed by atoms with Crippen molar-refractivity contribution < 1.29 is 19.0 Å². The van der Waals surface area contributed by atoms with E-state index in [1.165, 1.54) is 6.33 Å². The third-order valence-electron chi connectivity index (χ3n) is 5.18. The molecule has 0 saturated carbocycles. The van der Waals surface area contributed by atoms with Gasteiger partial charge in [0.25, 0.3) is 0 Å². The zero-order valence-corrected chi connectivity index (χ0v) is 19.4. The Balaban J connectivity index is 1.69. The first-order valence-electron chi connectivity index (χ1n) is 10.7. The maximum absolute atomic E-state index is 12.8. The molecule has 2 heterocycles. The summed E-state index contributed by atoms with van der Waals surface area (Å²) in [6, 6.07) is 12.6. The maximum Gasteiger partial charge on any atom is 0.338 e. The highest BCUT2D eigenvalue weighted by Crippen LogP contribution is 2.39. The molecule has 0 aliphatic carbocycles. The number of hydrogen-bond acceptors (Lipinski definition) is 7. The lowest BCUT2D eigenvalue weighted by Gasteiger charge is -2.28. The lowest BCUT2D eigenvalue weighted by molar-refractivity contribution is -0.139. The predicted molar refractivity (Wildman–Crippen MR) is 125 cm³/mol. The van der Waals surface area contributed by atoms with E-state index >= 15 is 0 Å². The molecule has 1 atom stereocenters. The molecule has 1 aliphatic heterocycles. The molecule has 0 radical (unpaired) electrons. The average Bonchev–Trinajstić information content (AvgIpc) is 3.26. The van der Waals surface area contributed by atoms with Crippen LogP contribution >= 0.6 is 11.6 Å². The zero-order valence-electron chi connectivity index (χ0n) is 18.7. The normalized spacial score (nSPS) is 15.0. The van der Waals surface area contributed by atoms with Crippen LogP contribution in [-0.4, -0.2) is 33.9 Å². The fraction of sp³-hybridized carbons (Fsp3) is 0.292. The molecule has 1 aromatic heterocycles. The maximum atomic E-state index is 12.8. The van der Waals surface area contributed by atoms with Crippen LogP contribution < -0.4 is 14.8 Å². The van der Waals surface area contributed by atoms with Crippen molar-refractivity contribution in [3.63, 3.8) is 0 Å². The van der Waals surface area contributed by atoms with E-state index in [1.807, 2.05) is 56.3 Å². The summed E-state index contributed by atoms with van der Waals surface area (Å²) in [5, 5.41) is 8.14. The largest absolute Gasteiger partial charge is 0.490 e. The second-order valence-electron chi connectivity index (χ2n) is 7.37. The van der Waals surface area contributed by atoms with E-state index < -0.39 is 12.0 Å². The van der Waals surface area contributed by atoms with E-state index in [1.54, 1.807) is 11.6 Å². The summed E-state index contributed by atoms with van der Waals surface area (Å²) in [4.78, 5) is 17.1. The minimum absolute atomic E-state index is 0.272. The van der Waals surface area contributed by atoms with E-state index in [0.717, 1.165) is 11.1 Å². The molecule has 0 fully saturated rings. The Kier molecular flexibility index (Phi) is 6.84. The summed E-state index contributed by atoms with van der Waals surface area (Å²) in [7, 11) is 0. The summed E-state index contributed by atoms with van der Waals surface area (Å²) < 4.78 is 18.9. The van der Waals surface area contributed by atoms with E-state index in [0.29, 0.717) is 47.0 Å². The SMILES string of the molecule is CCOC(=O)C1=C(C)Nc2ncnn2C1c1ccc(OCc2ccc(Cl)cc2)c(OCC)c1. The van der Waals surface area contributed by atoms with Crippen LogP contribution in [-0.2, 0) is 16.1 Å². The van der Waals surface area contributed by atoms with Crippen LogP contribution in [0.1, 0.15) is 37.9 Å². The van der Waals surface area contributed by atoms with Crippen molar-refractivity contribution in [2.45, 2.75) is 33.4 Å². The fourth-order valence-corrected chi connectivity index (χ4v) is 3.82. The highest BCUT2D eigenvalue weighted by Gasteiger charge is 2.34. The molecule has 1 unspecified atom stereocenters. The molecule has 1 N–H and O–H groups in total. The lowest BCUT2D eigenvalue weighted by Crippen LogP contribution is -2.29. The summed E-state index contributed by atoms with van der Waals surface area (Å²) >= 11 is 5.96. The van der Waals surface area contributed by atoms with E-state index in [-0.39, 0.29) is 6.61 Å². The van der Waals surface area contributed by atoms with Gasteiger partial charge in [-0.1, -0.05) is 29.8 Å². The van der Waals surface area contributed by atoms with Gasteiger partial charge in [0.2, 0.25) is 5.95 Å². The Hall–Kier alpha value is -3.52. The fourth-order valence-electron chi connectivity index (χ4n) is 3.70. The molecular weight excluding hydrogens is 444 g/mol. The first kappa shape index (κ1) is 22.7. The van der Waals surface area contributed by atoms with Gasteiger partial charge in [0.05, 0.1) is 18.8 Å². The van der Waals surface area contributed by atoms with Crippen LogP contribution in [0, 0.1) is 0 Å². The topological polar surface area (TPSA) is 87.5 Å².